The van der Waals surface area contributed by atoms with Crippen molar-refractivity contribution in [1.29, 1.82) is 0 Å². The molecule has 0 saturated carbocycles. The van der Waals surface area contributed by atoms with E-state index in [-0.39, 0.29) is 12.4 Å². The summed E-state index contributed by atoms with van der Waals surface area (Å²) >= 11 is 15.5. The minimum Gasteiger partial charge on any atom is -1.00 e. The van der Waals surface area contributed by atoms with E-state index in [1.807, 2.05) is 24.3 Å². The highest BCUT2D eigenvalue weighted by Gasteiger charge is 2.03. The first kappa shape index (κ1) is 19.6. The summed E-state index contributed by atoms with van der Waals surface area (Å²) in [6.45, 7) is 1.65. The quantitative estimate of drug-likeness (QED) is 0.718. The van der Waals surface area contributed by atoms with E-state index in [0.717, 1.165) is 40.3 Å². The molecule has 0 amide bonds. The molecular weight excluding hydrogens is 408 g/mol. The Balaban J connectivity index is 0.00000242. The lowest BCUT2D eigenvalue weighted by Gasteiger charge is -2.09. The Hall–Kier alpha value is -0.450. The van der Waals surface area contributed by atoms with Gasteiger partial charge < -0.3 is 22.5 Å². The summed E-state index contributed by atoms with van der Waals surface area (Å²) in [5, 5.41) is 4.79. The van der Waals surface area contributed by atoms with Crippen LogP contribution in [0.1, 0.15) is 11.1 Å². The SMILES string of the molecule is COc1ccc(CNCCc2ccc(Cl)cc2Cl)cc1Br.[Cl-]. The lowest BCUT2D eigenvalue weighted by atomic mass is 10.1. The van der Waals surface area contributed by atoms with E-state index in [2.05, 4.69) is 27.3 Å². The molecule has 2 rings (SSSR count). The van der Waals surface area contributed by atoms with Gasteiger partial charge in [-0.3, -0.25) is 0 Å². The Bertz CT molecular complexity index is 622. The number of hydrogen-bond donors (Lipinski definition) is 1. The monoisotopic (exact) mass is 422 g/mol. The number of benzene rings is 2. The third kappa shape index (κ3) is 5.64. The Morgan fingerprint density at radius 2 is 1.91 bits per heavy atom. The lowest BCUT2D eigenvalue weighted by molar-refractivity contribution is -0.00000429. The van der Waals surface area contributed by atoms with Gasteiger partial charge in [-0.15, -0.1) is 0 Å². The molecule has 2 nitrogen and oxygen atoms in total. The zero-order valence-corrected chi connectivity index (χ0v) is 15.9. The Morgan fingerprint density at radius 1 is 1.14 bits per heavy atom. The number of ether oxygens (including phenoxy) is 1. The van der Waals surface area contributed by atoms with Crippen LogP contribution < -0.4 is 22.5 Å². The molecule has 0 fully saturated rings. The number of methoxy groups -OCH3 is 1. The fraction of sp³-hybridized carbons (Fsp3) is 0.250. The van der Waals surface area contributed by atoms with Crippen LogP contribution in [-0.2, 0) is 13.0 Å². The van der Waals surface area contributed by atoms with Crippen LogP contribution in [0.2, 0.25) is 10.0 Å². The van der Waals surface area contributed by atoms with E-state index in [9.17, 15) is 0 Å². The van der Waals surface area contributed by atoms with E-state index in [4.69, 9.17) is 27.9 Å². The molecular formula is C16H16BrCl3NO-. The van der Waals surface area contributed by atoms with Crippen LogP contribution >= 0.6 is 39.1 Å². The molecule has 0 aliphatic heterocycles. The summed E-state index contributed by atoms with van der Waals surface area (Å²) in [6.07, 6.45) is 0.868. The average Bonchev–Trinajstić information content (AvgIpc) is 2.45. The summed E-state index contributed by atoms with van der Waals surface area (Å²) in [5.74, 6) is 0.840. The second-order valence-corrected chi connectivity index (χ2v) is 6.33. The molecule has 0 spiro atoms. The number of halogens is 4. The van der Waals surface area contributed by atoms with Crippen molar-refractivity contribution in [3.63, 3.8) is 0 Å². The Morgan fingerprint density at radius 3 is 2.55 bits per heavy atom. The van der Waals surface area contributed by atoms with Crippen molar-refractivity contribution < 1.29 is 17.1 Å². The first-order valence-corrected chi connectivity index (χ1v) is 8.12. The lowest BCUT2D eigenvalue weighted by Crippen LogP contribution is -3.00. The van der Waals surface area contributed by atoms with Crippen LogP contribution in [0, 0.1) is 0 Å². The molecule has 2 aromatic rings. The maximum atomic E-state index is 6.15. The molecule has 0 aliphatic carbocycles. The van der Waals surface area contributed by atoms with Crippen LogP contribution in [0.4, 0.5) is 0 Å². The molecule has 2 aromatic carbocycles. The number of rotatable bonds is 6. The van der Waals surface area contributed by atoms with E-state index in [1.165, 1.54) is 5.56 Å². The van der Waals surface area contributed by atoms with E-state index in [1.54, 1.807) is 13.2 Å². The van der Waals surface area contributed by atoms with Gasteiger partial charge in [0.05, 0.1) is 11.6 Å². The average molecular weight is 425 g/mol. The minimum absolute atomic E-state index is 0. The standard InChI is InChI=1S/C16H16BrCl2NO.ClH/c1-21-16-5-2-11(8-14(16)17)10-20-7-6-12-3-4-13(18)9-15(12)19;/h2-5,8-9,20H,6-7,10H2,1H3;1H/p-1. The topological polar surface area (TPSA) is 21.3 Å². The molecule has 0 saturated heterocycles. The van der Waals surface area contributed by atoms with Crippen molar-refractivity contribution in [2.75, 3.05) is 13.7 Å². The van der Waals surface area contributed by atoms with Gasteiger partial charge in [-0.2, -0.15) is 0 Å². The predicted octanol–water partition coefficient (Wildman–Crippen LogP) is 2.10. The molecule has 22 heavy (non-hydrogen) atoms. The van der Waals surface area contributed by atoms with Crippen LogP contribution in [0.5, 0.6) is 5.75 Å². The van der Waals surface area contributed by atoms with Crippen molar-refractivity contribution in [3.05, 3.63) is 62.0 Å². The van der Waals surface area contributed by atoms with Crippen molar-refractivity contribution in [3.8, 4) is 5.75 Å². The summed E-state index contributed by atoms with van der Waals surface area (Å²) in [4.78, 5) is 0. The summed E-state index contributed by atoms with van der Waals surface area (Å²) in [7, 11) is 1.66. The van der Waals surface area contributed by atoms with E-state index in [0.29, 0.717) is 5.02 Å². The summed E-state index contributed by atoms with van der Waals surface area (Å²) < 4.78 is 6.18. The van der Waals surface area contributed by atoms with E-state index >= 15 is 0 Å². The van der Waals surface area contributed by atoms with Crippen LogP contribution in [0.25, 0.3) is 0 Å². The van der Waals surface area contributed by atoms with Gasteiger partial charge in [0.2, 0.25) is 0 Å². The van der Waals surface area contributed by atoms with Gasteiger partial charge in [-0.1, -0.05) is 35.3 Å². The minimum atomic E-state index is 0. The Kier molecular flexibility index (Phi) is 8.58. The highest BCUT2D eigenvalue weighted by Crippen LogP contribution is 2.25. The fourth-order valence-corrected chi connectivity index (χ4v) is 3.09. The Labute approximate surface area is 155 Å². The molecule has 0 atom stereocenters. The van der Waals surface area contributed by atoms with Crippen molar-refractivity contribution in [1.82, 2.24) is 5.32 Å². The smallest absolute Gasteiger partial charge is 0.133 e. The predicted molar refractivity (Wildman–Crippen MR) is 92.6 cm³/mol. The summed E-state index contributed by atoms with van der Waals surface area (Å²) in [5.41, 5.74) is 2.30. The fourth-order valence-electron chi connectivity index (χ4n) is 2.00. The highest BCUT2D eigenvalue weighted by molar-refractivity contribution is 9.10. The van der Waals surface area contributed by atoms with Crippen molar-refractivity contribution >= 4 is 39.1 Å². The van der Waals surface area contributed by atoms with E-state index < -0.39 is 0 Å². The molecule has 0 aromatic heterocycles. The normalized spacial score (nSPS) is 10.2. The second-order valence-electron chi connectivity index (χ2n) is 4.63. The number of nitrogens with one attached hydrogen (secondary N) is 1. The number of hydrogen-bond acceptors (Lipinski definition) is 2. The molecule has 0 bridgehead atoms. The van der Waals surface area contributed by atoms with Gasteiger partial charge >= 0.3 is 0 Å². The molecule has 0 radical (unpaired) electrons. The molecule has 0 heterocycles. The van der Waals surface area contributed by atoms with Gasteiger partial charge in [-0.05, 0) is 64.3 Å². The van der Waals surface area contributed by atoms with Crippen molar-refractivity contribution in [2.24, 2.45) is 0 Å². The van der Waals surface area contributed by atoms with Gasteiger partial charge in [0.25, 0.3) is 0 Å². The van der Waals surface area contributed by atoms with Crippen LogP contribution in [0.3, 0.4) is 0 Å². The zero-order chi connectivity index (χ0) is 15.2. The molecule has 6 heteroatoms. The largest absolute Gasteiger partial charge is 1.00 e. The zero-order valence-electron chi connectivity index (χ0n) is 12.0. The molecule has 0 aliphatic rings. The van der Waals surface area contributed by atoms with Crippen molar-refractivity contribution in [2.45, 2.75) is 13.0 Å². The van der Waals surface area contributed by atoms with Crippen LogP contribution in [0.15, 0.2) is 40.9 Å². The highest BCUT2D eigenvalue weighted by atomic mass is 79.9. The van der Waals surface area contributed by atoms with Crippen LogP contribution in [-0.4, -0.2) is 13.7 Å². The second kappa shape index (κ2) is 9.64. The maximum absolute atomic E-state index is 6.15. The van der Waals surface area contributed by atoms with Gasteiger partial charge in [0.1, 0.15) is 5.75 Å². The third-order valence-electron chi connectivity index (χ3n) is 3.13. The molecule has 1 N–H and O–H groups in total. The van der Waals surface area contributed by atoms with Gasteiger partial charge in [-0.25, -0.2) is 0 Å². The molecule has 120 valence electrons. The first-order chi connectivity index (χ1) is 10.1. The third-order valence-corrected chi connectivity index (χ3v) is 4.34. The first-order valence-electron chi connectivity index (χ1n) is 6.57. The van der Waals surface area contributed by atoms with Gasteiger partial charge in [0.15, 0.2) is 0 Å². The maximum Gasteiger partial charge on any atom is 0.133 e. The molecule has 0 unspecified atom stereocenters. The van der Waals surface area contributed by atoms with Gasteiger partial charge in [0, 0.05) is 16.6 Å². The summed E-state index contributed by atoms with van der Waals surface area (Å²) in [6, 6.07) is 11.7.